The third-order valence-electron chi connectivity index (χ3n) is 5.13. The minimum Gasteiger partial charge on any atom is -0.421 e. The predicted octanol–water partition coefficient (Wildman–Crippen LogP) is 4.31. The minimum atomic E-state index is -3.02. The maximum Gasteiger partial charge on any atom is 0.270 e. The molecular formula is C23H20F2N4O3. The molecule has 1 aliphatic rings. The zero-order valence-electron chi connectivity index (χ0n) is 17.7. The number of hydrogen-bond donors (Lipinski definition) is 0. The normalized spacial score (nSPS) is 16.4. The SMILES string of the molecule is CC1=NN(c2cccc(-c3nnc(C)o3)c2)C(=O)C1C(=O)Cc1cccc(C(C)(F)F)c1. The Balaban J connectivity index is 1.55. The molecule has 1 aromatic heterocycles. The summed E-state index contributed by atoms with van der Waals surface area (Å²) in [5, 5.41) is 13.2. The number of aromatic nitrogens is 2. The van der Waals surface area contributed by atoms with Gasteiger partial charge in [0.25, 0.3) is 11.8 Å². The third-order valence-corrected chi connectivity index (χ3v) is 5.13. The molecule has 0 radical (unpaired) electrons. The fourth-order valence-corrected chi connectivity index (χ4v) is 3.56. The van der Waals surface area contributed by atoms with Gasteiger partial charge in [0.15, 0.2) is 5.78 Å². The molecule has 0 bridgehead atoms. The van der Waals surface area contributed by atoms with Crippen LogP contribution < -0.4 is 5.01 Å². The van der Waals surface area contributed by atoms with E-state index >= 15 is 0 Å². The first-order valence-corrected chi connectivity index (χ1v) is 9.93. The molecule has 0 aliphatic carbocycles. The molecule has 0 N–H and O–H groups in total. The van der Waals surface area contributed by atoms with Crippen LogP contribution in [0.2, 0.25) is 0 Å². The molecule has 9 heteroatoms. The van der Waals surface area contributed by atoms with Gasteiger partial charge in [-0.05, 0) is 36.8 Å². The molecule has 4 rings (SSSR count). The van der Waals surface area contributed by atoms with Crippen molar-refractivity contribution in [1.29, 1.82) is 0 Å². The number of carbonyl (C=O) groups excluding carboxylic acids is 2. The van der Waals surface area contributed by atoms with Crippen molar-refractivity contribution in [3.63, 3.8) is 0 Å². The Bertz CT molecular complexity index is 1230. The molecule has 0 fully saturated rings. The first kappa shape index (κ1) is 21.5. The molecule has 1 atom stereocenters. The second-order valence-electron chi connectivity index (χ2n) is 7.73. The Morgan fingerprint density at radius 3 is 2.56 bits per heavy atom. The van der Waals surface area contributed by atoms with E-state index in [2.05, 4.69) is 15.3 Å². The number of rotatable bonds is 6. The number of hydrogen-bond acceptors (Lipinski definition) is 6. The van der Waals surface area contributed by atoms with Crippen LogP contribution in [0.5, 0.6) is 0 Å². The molecule has 32 heavy (non-hydrogen) atoms. The zero-order chi connectivity index (χ0) is 23.0. The highest BCUT2D eigenvalue weighted by Crippen LogP contribution is 2.30. The van der Waals surface area contributed by atoms with Crippen LogP contribution in [0.1, 0.15) is 30.9 Å². The summed E-state index contributed by atoms with van der Waals surface area (Å²) in [4.78, 5) is 26.0. The molecule has 7 nitrogen and oxygen atoms in total. The van der Waals surface area contributed by atoms with Gasteiger partial charge in [-0.1, -0.05) is 24.3 Å². The van der Waals surface area contributed by atoms with Gasteiger partial charge in [0, 0.05) is 31.4 Å². The van der Waals surface area contributed by atoms with Gasteiger partial charge in [0.05, 0.1) is 11.4 Å². The van der Waals surface area contributed by atoms with Gasteiger partial charge in [-0.15, -0.1) is 10.2 Å². The van der Waals surface area contributed by atoms with Crippen LogP contribution in [0.15, 0.2) is 58.0 Å². The van der Waals surface area contributed by atoms with Gasteiger partial charge in [-0.25, -0.2) is 8.78 Å². The summed E-state index contributed by atoms with van der Waals surface area (Å²) >= 11 is 0. The van der Waals surface area contributed by atoms with Gasteiger partial charge in [0.1, 0.15) is 5.92 Å². The van der Waals surface area contributed by atoms with Gasteiger partial charge in [-0.3, -0.25) is 9.59 Å². The number of nitrogens with zero attached hydrogens (tertiary/aromatic N) is 4. The average molecular weight is 438 g/mol. The lowest BCUT2D eigenvalue weighted by molar-refractivity contribution is -0.128. The van der Waals surface area contributed by atoms with E-state index in [1.807, 2.05) is 0 Å². The Morgan fingerprint density at radius 1 is 1.12 bits per heavy atom. The molecule has 0 saturated heterocycles. The van der Waals surface area contributed by atoms with Crippen molar-refractivity contribution >= 4 is 23.1 Å². The van der Waals surface area contributed by atoms with Crippen LogP contribution in [0.25, 0.3) is 11.5 Å². The number of hydrazone groups is 1. The molecule has 1 aliphatic heterocycles. The summed E-state index contributed by atoms with van der Waals surface area (Å²) < 4.78 is 32.7. The highest BCUT2D eigenvalue weighted by Gasteiger charge is 2.39. The molecule has 0 spiro atoms. The molecule has 1 amide bonds. The first-order chi connectivity index (χ1) is 15.1. The third kappa shape index (κ3) is 4.18. The van der Waals surface area contributed by atoms with Gasteiger partial charge in [-0.2, -0.15) is 10.1 Å². The van der Waals surface area contributed by atoms with Crippen LogP contribution in [0, 0.1) is 12.8 Å². The number of halogens is 2. The summed E-state index contributed by atoms with van der Waals surface area (Å²) in [6, 6.07) is 12.5. The van der Waals surface area contributed by atoms with Crippen LogP contribution in [-0.4, -0.2) is 27.6 Å². The number of ketones is 1. The van der Waals surface area contributed by atoms with E-state index in [9.17, 15) is 18.4 Å². The lowest BCUT2D eigenvalue weighted by atomic mass is 9.93. The van der Waals surface area contributed by atoms with Crippen LogP contribution in [0.3, 0.4) is 0 Å². The predicted molar refractivity (Wildman–Crippen MR) is 113 cm³/mol. The molecular weight excluding hydrogens is 418 g/mol. The van der Waals surface area contributed by atoms with E-state index in [4.69, 9.17) is 4.42 Å². The van der Waals surface area contributed by atoms with E-state index in [1.165, 1.54) is 23.2 Å². The Morgan fingerprint density at radius 2 is 1.88 bits per heavy atom. The summed E-state index contributed by atoms with van der Waals surface area (Å²) in [6.07, 6.45) is -0.150. The first-order valence-electron chi connectivity index (χ1n) is 9.93. The second kappa shape index (κ2) is 8.07. The highest BCUT2D eigenvalue weighted by atomic mass is 19.3. The minimum absolute atomic E-state index is 0.150. The fraction of sp³-hybridized carbons (Fsp3) is 0.261. The van der Waals surface area contributed by atoms with Crippen molar-refractivity contribution in [2.75, 3.05) is 5.01 Å². The number of amides is 1. The van der Waals surface area contributed by atoms with Crippen molar-refractivity contribution in [3.05, 3.63) is 65.5 Å². The topological polar surface area (TPSA) is 88.7 Å². The molecule has 2 aromatic carbocycles. The van der Waals surface area contributed by atoms with Crippen molar-refractivity contribution in [2.24, 2.45) is 11.0 Å². The van der Waals surface area contributed by atoms with Crippen LogP contribution >= 0.6 is 0 Å². The maximum absolute atomic E-state index is 13.6. The summed E-state index contributed by atoms with van der Waals surface area (Å²) in [6.45, 7) is 4.07. The Kier molecular flexibility index (Phi) is 5.41. The van der Waals surface area contributed by atoms with E-state index in [-0.39, 0.29) is 12.0 Å². The van der Waals surface area contributed by atoms with Crippen molar-refractivity contribution in [2.45, 2.75) is 33.1 Å². The molecule has 0 saturated carbocycles. The number of alkyl halides is 2. The number of Topliss-reactive ketones (excluding diaryl/α,β-unsaturated/α-hetero) is 1. The summed E-state index contributed by atoms with van der Waals surface area (Å²) in [5.74, 6) is -4.28. The van der Waals surface area contributed by atoms with Crippen LogP contribution in [-0.2, 0) is 21.9 Å². The number of carbonyl (C=O) groups is 2. The molecule has 164 valence electrons. The van der Waals surface area contributed by atoms with Gasteiger partial charge >= 0.3 is 0 Å². The quantitative estimate of drug-likeness (QED) is 0.535. The molecule has 3 aromatic rings. The van der Waals surface area contributed by atoms with Crippen molar-refractivity contribution in [3.8, 4) is 11.5 Å². The van der Waals surface area contributed by atoms with E-state index < -0.39 is 23.5 Å². The zero-order valence-corrected chi connectivity index (χ0v) is 17.7. The fourth-order valence-electron chi connectivity index (χ4n) is 3.56. The average Bonchev–Trinajstić information content (AvgIpc) is 3.30. The highest BCUT2D eigenvalue weighted by molar-refractivity contribution is 6.27. The molecule has 1 unspecified atom stereocenters. The van der Waals surface area contributed by atoms with Crippen molar-refractivity contribution < 1.29 is 22.8 Å². The second-order valence-corrected chi connectivity index (χ2v) is 7.73. The van der Waals surface area contributed by atoms with Crippen LogP contribution in [0.4, 0.5) is 14.5 Å². The Labute approximate surface area is 182 Å². The summed E-state index contributed by atoms with van der Waals surface area (Å²) in [5.41, 5.74) is 1.64. The van der Waals surface area contributed by atoms with E-state index in [0.29, 0.717) is 34.3 Å². The summed E-state index contributed by atoms with van der Waals surface area (Å²) in [7, 11) is 0. The van der Waals surface area contributed by atoms with Crippen molar-refractivity contribution in [1.82, 2.24) is 10.2 Å². The number of benzene rings is 2. The lowest BCUT2D eigenvalue weighted by Crippen LogP contribution is -2.33. The largest absolute Gasteiger partial charge is 0.421 e. The molecule has 2 heterocycles. The maximum atomic E-state index is 13.6. The van der Waals surface area contributed by atoms with E-state index in [1.54, 1.807) is 44.2 Å². The monoisotopic (exact) mass is 438 g/mol. The Hall–Kier alpha value is -3.75. The van der Waals surface area contributed by atoms with Gasteiger partial charge in [0.2, 0.25) is 11.8 Å². The smallest absolute Gasteiger partial charge is 0.270 e. The number of anilines is 1. The lowest BCUT2D eigenvalue weighted by Gasteiger charge is -2.15. The van der Waals surface area contributed by atoms with E-state index in [0.717, 1.165) is 6.92 Å². The standard InChI is InChI=1S/C23H20F2N4O3/c1-13-20(19(30)11-15-6-4-8-17(10-15)23(3,24)25)22(31)29(28-13)18-9-5-7-16(12-18)21-27-26-14(2)32-21/h4-10,12,20H,11H2,1-3H3. The van der Waals surface area contributed by atoms with Gasteiger partial charge < -0.3 is 4.42 Å². The number of aryl methyl sites for hydroxylation is 1.